The van der Waals surface area contributed by atoms with E-state index in [2.05, 4.69) is 10.3 Å². The monoisotopic (exact) mass is 391 g/mol. The van der Waals surface area contributed by atoms with Gasteiger partial charge in [-0.2, -0.15) is 0 Å². The minimum Gasteiger partial charge on any atom is -0.450 e. The van der Waals surface area contributed by atoms with Crippen LogP contribution in [0.3, 0.4) is 0 Å². The van der Waals surface area contributed by atoms with Crippen molar-refractivity contribution in [3.8, 4) is 0 Å². The highest BCUT2D eigenvalue weighted by molar-refractivity contribution is 7.99. The minimum absolute atomic E-state index is 0.0400. The number of hydrogen-bond donors (Lipinski definition) is 1. The molecule has 0 unspecified atom stereocenters. The smallest absolute Gasteiger partial charge is 0.410 e. The van der Waals surface area contributed by atoms with Crippen molar-refractivity contribution in [1.82, 2.24) is 9.88 Å². The number of anilines is 1. The van der Waals surface area contributed by atoms with Crippen LogP contribution in [0.15, 0.2) is 35.2 Å². The lowest BCUT2D eigenvalue weighted by Gasteiger charge is -2.24. The van der Waals surface area contributed by atoms with Crippen LogP contribution in [0.4, 0.5) is 9.93 Å². The summed E-state index contributed by atoms with van der Waals surface area (Å²) in [5.41, 5.74) is 0.963. The molecule has 6 nitrogen and oxygen atoms in total. The van der Waals surface area contributed by atoms with Crippen LogP contribution >= 0.6 is 23.1 Å². The van der Waals surface area contributed by atoms with Crippen molar-refractivity contribution in [3.63, 3.8) is 0 Å². The molecule has 0 saturated heterocycles. The molecule has 1 aliphatic heterocycles. The summed E-state index contributed by atoms with van der Waals surface area (Å²) in [6.07, 6.45) is 0.818. The van der Waals surface area contributed by atoms with E-state index < -0.39 is 0 Å². The number of thiazole rings is 1. The van der Waals surface area contributed by atoms with Crippen LogP contribution < -0.4 is 5.32 Å². The first-order chi connectivity index (χ1) is 12.7. The normalized spacial score (nSPS) is 13.2. The number of rotatable bonds is 6. The fourth-order valence-corrected chi connectivity index (χ4v) is 4.49. The van der Waals surface area contributed by atoms with Crippen molar-refractivity contribution in [3.05, 3.63) is 40.9 Å². The van der Waals surface area contributed by atoms with E-state index in [4.69, 9.17) is 4.74 Å². The number of carbonyl (C=O) groups is 2. The van der Waals surface area contributed by atoms with Gasteiger partial charge in [-0.15, -0.1) is 11.8 Å². The third-order valence-corrected chi connectivity index (χ3v) is 5.86. The second-order valence-electron chi connectivity index (χ2n) is 5.72. The van der Waals surface area contributed by atoms with Crippen molar-refractivity contribution in [2.24, 2.45) is 0 Å². The number of benzene rings is 1. The maximum atomic E-state index is 12.1. The standard InChI is InChI=1S/C18H21N3O3S2/c1-2-24-18(23)21-10-8-14-15(12-21)26-17(19-14)20-16(22)9-11-25-13-6-4-3-5-7-13/h3-7H,2,8-12H2,1H3,(H,19,20,22). The molecule has 0 fully saturated rings. The van der Waals surface area contributed by atoms with Crippen LogP contribution in [0.1, 0.15) is 23.9 Å². The number of hydrogen-bond acceptors (Lipinski definition) is 6. The van der Waals surface area contributed by atoms with Gasteiger partial charge in [-0.05, 0) is 19.1 Å². The third kappa shape index (κ3) is 4.98. The van der Waals surface area contributed by atoms with E-state index in [1.165, 1.54) is 11.3 Å². The second-order valence-corrected chi connectivity index (χ2v) is 7.97. The summed E-state index contributed by atoms with van der Waals surface area (Å²) in [4.78, 5) is 32.3. The Morgan fingerprint density at radius 2 is 2.15 bits per heavy atom. The van der Waals surface area contributed by atoms with Crippen LogP contribution in [-0.4, -0.2) is 40.8 Å². The molecule has 0 spiro atoms. The largest absolute Gasteiger partial charge is 0.450 e. The maximum absolute atomic E-state index is 12.1. The number of thioether (sulfide) groups is 1. The number of nitrogens with one attached hydrogen (secondary N) is 1. The van der Waals surface area contributed by atoms with Crippen molar-refractivity contribution >= 4 is 40.2 Å². The first-order valence-electron chi connectivity index (χ1n) is 8.53. The predicted molar refractivity (Wildman–Crippen MR) is 104 cm³/mol. The summed E-state index contributed by atoms with van der Waals surface area (Å²) in [7, 11) is 0. The lowest BCUT2D eigenvalue weighted by molar-refractivity contribution is -0.115. The topological polar surface area (TPSA) is 71.5 Å². The van der Waals surface area contributed by atoms with Gasteiger partial charge in [0.2, 0.25) is 5.91 Å². The summed E-state index contributed by atoms with van der Waals surface area (Å²) in [5, 5.41) is 3.48. The van der Waals surface area contributed by atoms with Crippen LogP contribution in [-0.2, 0) is 22.5 Å². The first kappa shape index (κ1) is 18.7. The number of aromatic nitrogens is 1. The third-order valence-electron chi connectivity index (χ3n) is 3.84. The summed E-state index contributed by atoms with van der Waals surface area (Å²) < 4.78 is 5.05. The van der Waals surface area contributed by atoms with Crippen molar-refractivity contribution in [2.75, 3.05) is 24.2 Å². The maximum Gasteiger partial charge on any atom is 0.410 e. The lowest BCUT2D eigenvalue weighted by atomic mass is 10.2. The van der Waals surface area contributed by atoms with E-state index in [1.807, 2.05) is 30.3 Å². The highest BCUT2D eigenvalue weighted by Crippen LogP contribution is 2.29. The Bertz CT molecular complexity index is 764. The second kappa shape index (κ2) is 9.05. The van der Waals surface area contributed by atoms with E-state index in [0.717, 1.165) is 21.2 Å². The number of nitrogens with zero attached hydrogens (tertiary/aromatic N) is 2. The van der Waals surface area contributed by atoms with Gasteiger partial charge in [0.15, 0.2) is 5.13 Å². The van der Waals surface area contributed by atoms with Gasteiger partial charge in [0, 0.05) is 34.9 Å². The zero-order chi connectivity index (χ0) is 18.4. The number of fused-ring (bicyclic) bond motifs is 1. The molecule has 1 aromatic heterocycles. The van der Waals surface area contributed by atoms with Crippen LogP contribution in [0.25, 0.3) is 0 Å². The Labute approximate surface area is 160 Å². The van der Waals surface area contributed by atoms with Gasteiger partial charge < -0.3 is 15.0 Å². The van der Waals surface area contributed by atoms with Crippen LogP contribution in [0.2, 0.25) is 0 Å². The molecular weight excluding hydrogens is 370 g/mol. The summed E-state index contributed by atoms with van der Waals surface area (Å²) in [6.45, 7) is 3.25. The zero-order valence-corrected chi connectivity index (χ0v) is 16.2. The lowest BCUT2D eigenvalue weighted by Crippen LogP contribution is -2.35. The molecule has 2 aromatic rings. The number of carbonyl (C=O) groups excluding carboxylic acids is 2. The molecule has 2 amide bonds. The Balaban J connectivity index is 1.49. The fourth-order valence-electron chi connectivity index (χ4n) is 2.58. The molecule has 0 aliphatic carbocycles. The Kier molecular flexibility index (Phi) is 6.51. The van der Waals surface area contributed by atoms with Gasteiger partial charge in [-0.3, -0.25) is 4.79 Å². The van der Waals surface area contributed by atoms with Crippen molar-refractivity contribution < 1.29 is 14.3 Å². The average Bonchev–Trinajstić information content (AvgIpc) is 3.04. The molecule has 0 atom stereocenters. The molecule has 8 heteroatoms. The molecule has 0 bridgehead atoms. The molecule has 3 rings (SSSR count). The van der Waals surface area contributed by atoms with Gasteiger partial charge in [-0.1, -0.05) is 29.5 Å². The zero-order valence-electron chi connectivity index (χ0n) is 14.6. The average molecular weight is 392 g/mol. The van der Waals surface area contributed by atoms with E-state index in [9.17, 15) is 9.59 Å². The Hall–Kier alpha value is -2.06. The number of ether oxygens (including phenoxy) is 1. The summed E-state index contributed by atoms with van der Waals surface area (Å²) >= 11 is 3.09. The molecule has 0 saturated carbocycles. The van der Waals surface area contributed by atoms with Gasteiger partial charge >= 0.3 is 6.09 Å². The SMILES string of the molecule is CCOC(=O)N1CCc2nc(NC(=O)CCSc3ccccc3)sc2C1. The van der Waals surface area contributed by atoms with Gasteiger partial charge in [-0.25, -0.2) is 9.78 Å². The van der Waals surface area contributed by atoms with Crippen LogP contribution in [0.5, 0.6) is 0 Å². The molecule has 1 N–H and O–H groups in total. The predicted octanol–water partition coefficient (Wildman–Crippen LogP) is 3.78. The molecule has 2 heterocycles. The van der Waals surface area contributed by atoms with Gasteiger partial charge in [0.05, 0.1) is 18.8 Å². The van der Waals surface area contributed by atoms with E-state index >= 15 is 0 Å². The highest BCUT2D eigenvalue weighted by atomic mass is 32.2. The van der Waals surface area contributed by atoms with Crippen molar-refractivity contribution in [1.29, 1.82) is 0 Å². The fraction of sp³-hybridized carbons (Fsp3) is 0.389. The van der Waals surface area contributed by atoms with Crippen molar-refractivity contribution in [2.45, 2.75) is 31.2 Å². The molecule has 0 radical (unpaired) electrons. The van der Waals surface area contributed by atoms with Crippen LogP contribution in [0, 0.1) is 0 Å². The number of amides is 2. The molecule has 26 heavy (non-hydrogen) atoms. The Morgan fingerprint density at radius 1 is 1.35 bits per heavy atom. The highest BCUT2D eigenvalue weighted by Gasteiger charge is 2.25. The molecule has 1 aromatic carbocycles. The molecule has 138 valence electrons. The van der Waals surface area contributed by atoms with E-state index in [0.29, 0.717) is 37.7 Å². The van der Waals surface area contributed by atoms with Gasteiger partial charge in [0.25, 0.3) is 0 Å². The quantitative estimate of drug-likeness (QED) is 0.759. The summed E-state index contributed by atoms with van der Waals surface area (Å²) in [5.74, 6) is 0.680. The Morgan fingerprint density at radius 3 is 2.92 bits per heavy atom. The summed E-state index contributed by atoms with van der Waals surface area (Å²) in [6, 6.07) is 10.0. The molecule has 1 aliphatic rings. The van der Waals surface area contributed by atoms with E-state index in [1.54, 1.807) is 23.6 Å². The van der Waals surface area contributed by atoms with E-state index in [-0.39, 0.29) is 12.0 Å². The molecular formula is C18H21N3O3S2. The minimum atomic E-state index is -0.296. The van der Waals surface area contributed by atoms with Gasteiger partial charge in [0.1, 0.15) is 0 Å². The first-order valence-corrected chi connectivity index (χ1v) is 10.3.